The summed E-state index contributed by atoms with van der Waals surface area (Å²) < 4.78 is 1.73. The zero-order valence-corrected chi connectivity index (χ0v) is 10.5. The number of nitrogens with zero attached hydrogens (tertiary/aromatic N) is 2. The third kappa shape index (κ3) is 1.77. The van der Waals surface area contributed by atoms with Crippen molar-refractivity contribution in [2.45, 2.75) is 13.8 Å². The van der Waals surface area contributed by atoms with E-state index >= 15 is 0 Å². The zero-order valence-electron chi connectivity index (χ0n) is 8.96. The number of nitrogen functional groups attached to an aromatic ring is 1. The fraction of sp³-hybridized carbons (Fsp3) is 0.182. The molecule has 2 rings (SSSR count). The first-order valence-electron chi connectivity index (χ1n) is 4.78. The van der Waals surface area contributed by atoms with Crippen LogP contribution in [0.2, 0.25) is 10.0 Å². The van der Waals surface area contributed by atoms with Crippen molar-refractivity contribution < 1.29 is 0 Å². The van der Waals surface area contributed by atoms with Gasteiger partial charge < -0.3 is 5.73 Å². The van der Waals surface area contributed by atoms with Gasteiger partial charge in [0.1, 0.15) is 0 Å². The molecule has 0 atom stereocenters. The third-order valence-corrected chi connectivity index (χ3v) is 3.20. The van der Waals surface area contributed by atoms with Crippen LogP contribution in [0.25, 0.3) is 5.69 Å². The molecule has 16 heavy (non-hydrogen) atoms. The lowest BCUT2D eigenvalue weighted by Crippen LogP contribution is -2.03. The molecule has 2 N–H and O–H groups in total. The summed E-state index contributed by atoms with van der Waals surface area (Å²) >= 11 is 11.9. The van der Waals surface area contributed by atoms with E-state index in [0.29, 0.717) is 15.7 Å². The molecule has 0 spiro atoms. The zero-order chi connectivity index (χ0) is 11.9. The van der Waals surface area contributed by atoms with Gasteiger partial charge in [0.2, 0.25) is 0 Å². The van der Waals surface area contributed by atoms with E-state index in [9.17, 15) is 0 Å². The van der Waals surface area contributed by atoms with Gasteiger partial charge in [-0.05, 0) is 32.0 Å². The maximum absolute atomic E-state index is 6.08. The Labute approximate surface area is 104 Å². The van der Waals surface area contributed by atoms with Gasteiger partial charge in [-0.15, -0.1) is 0 Å². The average Bonchev–Trinajstić information content (AvgIpc) is 2.46. The number of benzene rings is 1. The number of anilines is 1. The summed E-state index contributed by atoms with van der Waals surface area (Å²) in [4.78, 5) is 0. The minimum absolute atomic E-state index is 0.578. The Bertz CT molecular complexity index is 546. The topological polar surface area (TPSA) is 43.8 Å². The van der Waals surface area contributed by atoms with Crippen molar-refractivity contribution in [3.05, 3.63) is 39.6 Å². The Hall–Kier alpha value is -1.19. The molecular weight excluding hydrogens is 245 g/mol. The SMILES string of the molecule is Cc1nn(-c2ccc(Cl)cc2N)c(C)c1Cl. The van der Waals surface area contributed by atoms with Gasteiger partial charge in [0, 0.05) is 5.02 Å². The van der Waals surface area contributed by atoms with Crippen LogP contribution in [0.3, 0.4) is 0 Å². The molecule has 1 aromatic heterocycles. The van der Waals surface area contributed by atoms with E-state index < -0.39 is 0 Å². The fourth-order valence-electron chi connectivity index (χ4n) is 1.58. The van der Waals surface area contributed by atoms with Crippen molar-refractivity contribution in [2.24, 2.45) is 0 Å². The molecule has 0 fully saturated rings. The van der Waals surface area contributed by atoms with Gasteiger partial charge in [-0.25, -0.2) is 4.68 Å². The minimum Gasteiger partial charge on any atom is -0.397 e. The van der Waals surface area contributed by atoms with Crippen LogP contribution in [0.5, 0.6) is 0 Å². The van der Waals surface area contributed by atoms with Crippen LogP contribution in [0.4, 0.5) is 5.69 Å². The molecule has 1 heterocycles. The number of nitrogens with two attached hydrogens (primary N) is 1. The molecule has 0 aliphatic rings. The molecule has 5 heteroatoms. The van der Waals surface area contributed by atoms with E-state index in [2.05, 4.69) is 5.10 Å². The first kappa shape index (κ1) is 11.3. The summed E-state index contributed by atoms with van der Waals surface area (Å²) in [5.74, 6) is 0. The second-order valence-electron chi connectivity index (χ2n) is 3.60. The van der Waals surface area contributed by atoms with Crippen molar-refractivity contribution in [1.29, 1.82) is 0 Å². The van der Waals surface area contributed by atoms with Gasteiger partial charge in [-0.3, -0.25) is 0 Å². The first-order valence-corrected chi connectivity index (χ1v) is 5.53. The standard InChI is InChI=1S/C11H11Cl2N3/c1-6-11(13)7(2)16(15-6)10-4-3-8(12)5-9(10)14/h3-5H,14H2,1-2H3. The highest BCUT2D eigenvalue weighted by molar-refractivity contribution is 6.32. The molecule has 0 unspecified atom stereocenters. The maximum atomic E-state index is 6.08. The monoisotopic (exact) mass is 255 g/mol. The molecule has 84 valence electrons. The van der Waals surface area contributed by atoms with Crippen LogP contribution < -0.4 is 5.73 Å². The van der Waals surface area contributed by atoms with Gasteiger partial charge in [0.05, 0.1) is 27.8 Å². The Morgan fingerprint density at radius 1 is 1.25 bits per heavy atom. The largest absolute Gasteiger partial charge is 0.397 e. The molecule has 0 saturated carbocycles. The molecule has 0 radical (unpaired) electrons. The van der Waals surface area contributed by atoms with E-state index in [4.69, 9.17) is 28.9 Å². The molecule has 1 aromatic carbocycles. The highest BCUT2D eigenvalue weighted by atomic mass is 35.5. The maximum Gasteiger partial charge on any atom is 0.0879 e. The summed E-state index contributed by atoms with van der Waals surface area (Å²) in [5.41, 5.74) is 8.91. The van der Waals surface area contributed by atoms with Crippen molar-refractivity contribution in [2.75, 3.05) is 5.73 Å². The second-order valence-corrected chi connectivity index (χ2v) is 4.41. The number of halogens is 2. The molecule has 0 bridgehead atoms. The van der Waals surface area contributed by atoms with Crippen LogP contribution in [-0.4, -0.2) is 9.78 Å². The average molecular weight is 256 g/mol. The quantitative estimate of drug-likeness (QED) is 0.795. The van der Waals surface area contributed by atoms with E-state index in [-0.39, 0.29) is 0 Å². The lowest BCUT2D eigenvalue weighted by Gasteiger charge is -2.07. The van der Waals surface area contributed by atoms with Gasteiger partial charge in [-0.1, -0.05) is 23.2 Å². The van der Waals surface area contributed by atoms with E-state index in [0.717, 1.165) is 17.1 Å². The minimum atomic E-state index is 0.578. The molecule has 2 aromatic rings. The Morgan fingerprint density at radius 2 is 1.94 bits per heavy atom. The van der Waals surface area contributed by atoms with E-state index in [1.54, 1.807) is 16.8 Å². The van der Waals surface area contributed by atoms with Gasteiger partial charge in [-0.2, -0.15) is 5.10 Å². The first-order chi connectivity index (χ1) is 7.50. The van der Waals surface area contributed by atoms with Gasteiger partial charge in [0.15, 0.2) is 0 Å². The lowest BCUT2D eigenvalue weighted by atomic mass is 10.2. The summed E-state index contributed by atoms with van der Waals surface area (Å²) in [7, 11) is 0. The van der Waals surface area contributed by atoms with Crippen LogP contribution in [0, 0.1) is 13.8 Å². The molecule has 3 nitrogen and oxygen atoms in total. The number of hydrogen-bond donors (Lipinski definition) is 1. The molecule has 0 amide bonds. The Kier molecular flexibility index (Phi) is 2.82. The van der Waals surface area contributed by atoms with Crippen LogP contribution in [0.15, 0.2) is 18.2 Å². The molecule has 0 aliphatic heterocycles. The summed E-state index contributed by atoms with van der Waals surface area (Å²) in [6.07, 6.45) is 0. The summed E-state index contributed by atoms with van der Waals surface area (Å²) in [6, 6.07) is 5.30. The van der Waals surface area contributed by atoms with Gasteiger partial charge in [0.25, 0.3) is 0 Å². The summed E-state index contributed by atoms with van der Waals surface area (Å²) in [5, 5.41) is 5.60. The second kappa shape index (κ2) is 4.00. The van der Waals surface area contributed by atoms with Crippen molar-refractivity contribution >= 4 is 28.9 Å². The Balaban J connectivity index is 2.63. The van der Waals surface area contributed by atoms with Crippen molar-refractivity contribution in [1.82, 2.24) is 9.78 Å². The number of rotatable bonds is 1. The third-order valence-electron chi connectivity index (χ3n) is 2.42. The van der Waals surface area contributed by atoms with Gasteiger partial charge >= 0.3 is 0 Å². The predicted molar refractivity (Wildman–Crippen MR) is 67.5 cm³/mol. The number of aromatic nitrogens is 2. The molecular formula is C11H11Cl2N3. The highest BCUT2D eigenvalue weighted by Crippen LogP contribution is 2.26. The smallest absolute Gasteiger partial charge is 0.0879 e. The van der Waals surface area contributed by atoms with E-state index in [1.165, 1.54) is 0 Å². The number of aryl methyl sites for hydroxylation is 1. The number of hydrogen-bond acceptors (Lipinski definition) is 2. The predicted octanol–water partition coefficient (Wildman–Crippen LogP) is 3.38. The van der Waals surface area contributed by atoms with Crippen molar-refractivity contribution in [3.8, 4) is 5.69 Å². The molecule has 0 aliphatic carbocycles. The highest BCUT2D eigenvalue weighted by Gasteiger charge is 2.12. The van der Waals surface area contributed by atoms with E-state index in [1.807, 2.05) is 19.9 Å². The van der Waals surface area contributed by atoms with Crippen LogP contribution >= 0.6 is 23.2 Å². The summed E-state index contributed by atoms with van der Waals surface area (Å²) in [6.45, 7) is 3.76. The lowest BCUT2D eigenvalue weighted by molar-refractivity contribution is 0.836. The normalized spacial score (nSPS) is 10.8. The van der Waals surface area contributed by atoms with Crippen LogP contribution in [-0.2, 0) is 0 Å². The Morgan fingerprint density at radius 3 is 2.44 bits per heavy atom. The molecule has 0 saturated heterocycles. The van der Waals surface area contributed by atoms with Crippen LogP contribution in [0.1, 0.15) is 11.4 Å². The van der Waals surface area contributed by atoms with Crippen molar-refractivity contribution in [3.63, 3.8) is 0 Å². The fourth-order valence-corrected chi connectivity index (χ4v) is 1.87.